The molecule has 3 rings (SSSR count). The van der Waals surface area contributed by atoms with E-state index in [1.165, 1.54) is 24.5 Å². The maximum Gasteiger partial charge on any atom is 0.270 e. The van der Waals surface area contributed by atoms with E-state index in [4.69, 9.17) is 0 Å². The highest BCUT2D eigenvalue weighted by Crippen LogP contribution is 2.17. The Morgan fingerprint density at radius 3 is 2.56 bits per heavy atom. The van der Waals surface area contributed by atoms with Gasteiger partial charge in [-0.3, -0.25) is 24.3 Å². The molecule has 0 unspecified atom stereocenters. The zero-order valence-corrected chi connectivity index (χ0v) is 14.7. The van der Waals surface area contributed by atoms with Crippen molar-refractivity contribution in [3.63, 3.8) is 0 Å². The number of nitro benzene ring substituents is 1. The van der Waals surface area contributed by atoms with Crippen LogP contribution in [0.1, 0.15) is 0 Å². The Balaban J connectivity index is 1.81. The minimum Gasteiger partial charge on any atom is -0.378 e. The largest absolute Gasteiger partial charge is 0.378 e. The van der Waals surface area contributed by atoms with Crippen LogP contribution in [0.4, 0.5) is 17.1 Å². The first kappa shape index (κ1) is 18.1. The third kappa shape index (κ3) is 3.92. The van der Waals surface area contributed by atoms with Crippen molar-refractivity contribution in [1.29, 1.82) is 0 Å². The van der Waals surface area contributed by atoms with Crippen LogP contribution in [-0.2, 0) is 11.3 Å². The molecule has 1 N–H and O–H groups in total. The molecule has 0 aliphatic carbocycles. The molecule has 0 atom stereocenters. The second kappa shape index (κ2) is 7.24. The van der Waals surface area contributed by atoms with Crippen LogP contribution >= 0.6 is 0 Å². The Hall–Kier alpha value is -3.75. The maximum absolute atomic E-state index is 12.5. The second-order valence-electron chi connectivity index (χ2n) is 6.13. The molecule has 1 amide bonds. The van der Waals surface area contributed by atoms with Gasteiger partial charge in [-0.15, -0.1) is 0 Å². The van der Waals surface area contributed by atoms with Gasteiger partial charge in [-0.25, -0.2) is 4.98 Å². The molecule has 0 radical (unpaired) electrons. The number of rotatable bonds is 5. The molecule has 0 saturated carbocycles. The minimum atomic E-state index is -0.583. The summed E-state index contributed by atoms with van der Waals surface area (Å²) in [5.74, 6) is -0.402. The monoisotopic (exact) mass is 367 g/mol. The zero-order valence-electron chi connectivity index (χ0n) is 14.7. The molecule has 0 aliphatic heterocycles. The van der Waals surface area contributed by atoms with Gasteiger partial charge in [0.25, 0.3) is 11.2 Å². The van der Waals surface area contributed by atoms with Gasteiger partial charge in [0, 0.05) is 37.6 Å². The third-order valence-corrected chi connectivity index (χ3v) is 4.00. The number of nitrogens with one attached hydrogen (secondary N) is 1. The molecule has 0 bridgehead atoms. The molecule has 1 heterocycles. The van der Waals surface area contributed by atoms with Crippen LogP contribution in [0.5, 0.6) is 0 Å². The van der Waals surface area contributed by atoms with Crippen LogP contribution in [0, 0.1) is 10.1 Å². The number of non-ortho nitro benzene ring substituents is 1. The number of aromatic nitrogens is 2. The van der Waals surface area contributed by atoms with Gasteiger partial charge in [0.2, 0.25) is 5.91 Å². The van der Waals surface area contributed by atoms with E-state index in [1.807, 2.05) is 31.1 Å². The van der Waals surface area contributed by atoms with Crippen molar-refractivity contribution in [1.82, 2.24) is 9.55 Å². The van der Waals surface area contributed by atoms with Gasteiger partial charge >= 0.3 is 0 Å². The van der Waals surface area contributed by atoms with Crippen molar-refractivity contribution < 1.29 is 9.72 Å². The van der Waals surface area contributed by atoms with Crippen LogP contribution in [-0.4, -0.2) is 34.5 Å². The molecule has 0 aliphatic rings. The number of nitrogens with zero attached hydrogens (tertiary/aromatic N) is 4. The lowest BCUT2D eigenvalue weighted by molar-refractivity contribution is -0.384. The summed E-state index contributed by atoms with van der Waals surface area (Å²) >= 11 is 0. The summed E-state index contributed by atoms with van der Waals surface area (Å²) in [6, 6.07) is 11.1. The van der Waals surface area contributed by atoms with Crippen molar-refractivity contribution in [2.75, 3.05) is 24.3 Å². The van der Waals surface area contributed by atoms with Crippen LogP contribution in [0.25, 0.3) is 10.9 Å². The number of amides is 1. The Bertz CT molecular complexity index is 1070. The van der Waals surface area contributed by atoms with Crippen molar-refractivity contribution in [3.05, 3.63) is 69.3 Å². The van der Waals surface area contributed by atoms with E-state index < -0.39 is 16.4 Å². The first-order valence-corrected chi connectivity index (χ1v) is 8.06. The van der Waals surface area contributed by atoms with E-state index in [-0.39, 0.29) is 17.6 Å². The second-order valence-corrected chi connectivity index (χ2v) is 6.13. The summed E-state index contributed by atoms with van der Waals surface area (Å²) in [4.78, 5) is 41.1. The fourth-order valence-corrected chi connectivity index (χ4v) is 2.57. The minimum absolute atomic E-state index is 0.0924. The summed E-state index contributed by atoms with van der Waals surface area (Å²) in [5.41, 5.74) is 1.21. The number of fused-ring (bicyclic) bond motifs is 1. The molecular formula is C18H17N5O4. The zero-order chi connectivity index (χ0) is 19.6. The lowest BCUT2D eigenvalue weighted by atomic mass is 10.2. The van der Waals surface area contributed by atoms with Gasteiger partial charge in [0.15, 0.2) is 0 Å². The molecule has 0 spiro atoms. The number of hydrogen-bond acceptors (Lipinski definition) is 6. The molecular weight excluding hydrogens is 350 g/mol. The van der Waals surface area contributed by atoms with Crippen molar-refractivity contribution >= 4 is 33.9 Å². The van der Waals surface area contributed by atoms with Crippen molar-refractivity contribution in [3.8, 4) is 0 Å². The molecule has 138 valence electrons. The lowest BCUT2D eigenvalue weighted by Gasteiger charge is -2.13. The highest BCUT2D eigenvalue weighted by molar-refractivity contribution is 5.91. The molecule has 3 aromatic rings. The average Bonchev–Trinajstić information content (AvgIpc) is 2.64. The molecule has 0 saturated heterocycles. The summed E-state index contributed by atoms with van der Waals surface area (Å²) in [6.45, 7) is -0.250. The van der Waals surface area contributed by atoms with Gasteiger partial charge < -0.3 is 10.2 Å². The Kier molecular flexibility index (Phi) is 4.84. The summed E-state index contributed by atoms with van der Waals surface area (Å²) in [5, 5.41) is 13.7. The van der Waals surface area contributed by atoms with Crippen LogP contribution in [0.3, 0.4) is 0 Å². The number of anilines is 2. The summed E-state index contributed by atoms with van der Waals surface area (Å²) in [6.07, 6.45) is 1.26. The van der Waals surface area contributed by atoms with Crippen molar-refractivity contribution in [2.24, 2.45) is 0 Å². The van der Waals surface area contributed by atoms with Gasteiger partial charge in [-0.1, -0.05) is 0 Å². The standard InChI is InChI=1S/C18H17N5O4/c1-21(2)13-5-3-12(4-6-13)20-17(24)10-22-11-19-16-8-7-14(23(26)27)9-15(16)18(22)25/h3-9,11H,10H2,1-2H3,(H,20,24). The lowest BCUT2D eigenvalue weighted by Crippen LogP contribution is -2.28. The number of hydrogen-bond donors (Lipinski definition) is 1. The SMILES string of the molecule is CN(C)c1ccc(NC(=O)Cn2cnc3ccc([N+](=O)[O-])cc3c2=O)cc1. The van der Waals surface area contributed by atoms with E-state index in [2.05, 4.69) is 10.3 Å². The number of benzene rings is 2. The smallest absolute Gasteiger partial charge is 0.270 e. The Labute approximate surface area is 154 Å². The van der Waals surface area contributed by atoms with E-state index in [9.17, 15) is 19.7 Å². The third-order valence-electron chi connectivity index (χ3n) is 4.00. The van der Waals surface area contributed by atoms with Crippen LogP contribution in [0.2, 0.25) is 0 Å². The highest BCUT2D eigenvalue weighted by Gasteiger charge is 2.12. The van der Waals surface area contributed by atoms with E-state index in [0.29, 0.717) is 11.2 Å². The molecule has 9 nitrogen and oxygen atoms in total. The number of nitro groups is 1. The van der Waals surface area contributed by atoms with Gasteiger partial charge in [-0.05, 0) is 30.3 Å². The fourth-order valence-electron chi connectivity index (χ4n) is 2.57. The molecule has 27 heavy (non-hydrogen) atoms. The molecule has 9 heteroatoms. The highest BCUT2D eigenvalue weighted by atomic mass is 16.6. The van der Waals surface area contributed by atoms with Gasteiger partial charge in [0.1, 0.15) is 6.54 Å². The van der Waals surface area contributed by atoms with Crippen molar-refractivity contribution in [2.45, 2.75) is 6.54 Å². The molecule has 1 aromatic heterocycles. The van der Waals surface area contributed by atoms with Crippen LogP contribution in [0.15, 0.2) is 53.6 Å². The Morgan fingerprint density at radius 2 is 1.93 bits per heavy atom. The van der Waals surface area contributed by atoms with E-state index in [0.717, 1.165) is 10.3 Å². The maximum atomic E-state index is 12.5. The first-order chi connectivity index (χ1) is 12.8. The van der Waals surface area contributed by atoms with Gasteiger partial charge in [-0.2, -0.15) is 0 Å². The first-order valence-electron chi connectivity index (χ1n) is 8.06. The predicted molar refractivity (Wildman–Crippen MR) is 102 cm³/mol. The quantitative estimate of drug-likeness (QED) is 0.545. The number of carbonyl (C=O) groups excluding carboxylic acids is 1. The topological polar surface area (TPSA) is 110 Å². The predicted octanol–water partition coefficient (Wildman–Crippen LogP) is 2.01. The normalized spacial score (nSPS) is 10.6. The Morgan fingerprint density at radius 1 is 1.22 bits per heavy atom. The average molecular weight is 367 g/mol. The summed E-state index contributed by atoms with van der Waals surface area (Å²) in [7, 11) is 3.83. The summed E-state index contributed by atoms with van der Waals surface area (Å²) < 4.78 is 1.12. The molecule has 0 fully saturated rings. The van der Waals surface area contributed by atoms with E-state index in [1.54, 1.807) is 12.1 Å². The van der Waals surface area contributed by atoms with Gasteiger partial charge in [0.05, 0.1) is 22.2 Å². The number of carbonyl (C=O) groups is 1. The van der Waals surface area contributed by atoms with E-state index >= 15 is 0 Å². The molecule has 2 aromatic carbocycles. The fraction of sp³-hybridized carbons (Fsp3) is 0.167. The van der Waals surface area contributed by atoms with Crippen LogP contribution < -0.4 is 15.8 Å².